The first kappa shape index (κ1) is 20.1. The number of nitro benzene ring substituents is 3. The summed E-state index contributed by atoms with van der Waals surface area (Å²) in [5.74, 6) is -1.73. The van der Waals surface area contributed by atoms with E-state index in [-0.39, 0.29) is 0 Å². The summed E-state index contributed by atoms with van der Waals surface area (Å²) in [7, 11) is 0. The largest absolute Gasteiger partial charge is 0.364 e. The number of nitrogens with two attached hydrogens (primary N) is 1. The Morgan fingerprint density at radius 2 is 1.34 bits per heavy atom. The molecule has 0 fully saturated rings. The molecule has 29 heavy (non-hydrogen) atoms. The Bertz CT molecular complexity index is 1000. The van der Waals surface area contributed by atoms with Crippen LogP contribution in [0.3, 0.4) is 0 Å². The molecule has 0 saturated heterocycles. The van der Waals surface area contributed by atoms with Crippen molar-refractivity contribution in [3.05, 3.63) is 52.6 Å². The fraction of sp³-hybridized carbons (Fsp3) is 0. The standard InChI is InChI=1S/C9H6N12O8/c10-7(17-21(28)29)12-9-15-13-8(14-16-9)11-6-4(19(24)25)1-3(18(22)23)2-5(6)20(26)27/h1-2H,(H,11,13,14)(H3,10,12,15,16,17). The minimum absolute atomic E-state index is 0.452. The zero-order valence-corrected chi connectivity index (χ0v) is 13.5. The highest BCUT2D eigenvalue weighted by molar-refractivity contribution is 5.89. The van der Waals surface area contributed by atoms with Crippen molar-refractivity contribution in [1.29, 1.82) is 0 Å². The second kappa shape index (κ2) is 8.02. The fourth-order valence-corrected chi connectivity index (χ4v) is 1.79. The van der Waals surface area contributed by atoms with Gasteiger partial charge in [0, 0.05) is 0 Å². The van der Waals surface area contributed by atoms with Crippen LogP contribution in [0.25, 0.3) is 0 Å². The van der Waals surface area contributed by atoms with E-state index in [1.165, 1.54) is 0 Å². The van der Waals surface area contributed by atoms with Gasteiger partial charge < -0.3 is 11.1 Å². The minimum Gasteiger partial charge on any atom is -0.364 e. The number of non-ortho nitro benzene ring substituents is 1. The maximum Gasteiger partial charge on any atom is 0.306 e. The fourth-order valence-electron chi connectivity index (χ4n) is 1.79. The van der Waals surface area contributed by atoms with Crippen molar-refractivity contribution >= 4 is 40.6 Å². The van der Waals surface area contributed by atoms with Crippen molar-refractivity contribution in [3.8, 4) is 0 Å². The monoisotopic (exact) mass is 410 g/mol. The summed E-state index contributed by atoms with van der Waals surface area (Å²) in [4.78, 5) is 40.1. The van der Waals surface area contributed by atoms with Crippen LogP contribution in [0.5, 0.6) is 0 Å². The third-order valence-electron chi connectivity index (χ3n) is 2.83. The van der Waals surface area contributed by atoms with Gasteiger partial charge in [0.15, 0.2) is 10.7 Å². The van der Waals surface area contributed by atoms with Gasteiger partial charge in [-0.25, -0.2) is 10.1 Å². The van der Waals surface area contributed by atoms with E-state index < -0.39 is 60.4 Å². The number of anilines is 3. The van der Waals surface area contributed by atoms with Crippen molar-refractivity contribution in [3.63, 3.8) is 0 Å². The highest BCUT2D eigenvalue weighted by Gasteiger charge is 2.31. The van der Waals surface area contributed by atoms with Crippen LogP contribution in [0.1, 0.15) is 0 Å². The molecule has 0 aliphatic rings. The van der Waals surface area contributed by atoms with E-state index in [0.29, 0.717) is 12.1 Å². The molecule has 1 aromatic carbocycles. The van der Waals surface area contributed by atoms with E-state index in [2.05, 4.69) is 36.1 Å². The van der Waals surface area contributed by atoms with Crippen molar-refractivity contribution in [2.24, 2.45) is 10.8 Å². The zero-order valence-electron chi connectivity index (χ0n) is 13.5. The Kier molecular flexibility index (Phi) is 5.57. The van der Waals surface area contributed by atoms with E-state index in [1.54, 1.807) is 0 Å². The lowest BCUT2D eigenvalue weighted by molar-refractivity contribution is -0.485. The summed E-state index contributed by atoms with van der Waals surface area (Å²) in [6, 6.07) is 1.00. The summed E-state index contributed by atoms with van der Waals surface area (Å²) in [5.41, 5.74) is 1.51. The number of guanidine groups is 1. The van der Waals surface area contributed by atoms with Gasteiger partial charge in [-0.05, 0) is 0 Å². The average molecular weight is 410 g/mol. The lowest BCUT2D eigenvalue weighted by Gasteiger charge is -2.06. The molecule has 20 nitrogen and oxygen atoms in total. The molecule has 0 bridgehead atoms. The second-order valence-electron chi connectivity index (χ2n) is 4.65. The molecular formula is C9H6N12O8. The van der Waals surface area contributed by atoms with Gasteiger partial charge in [-0.1, -0.05) is 0 Å². The second-order valence-corrected chi connectivity index (χ2v) is 4.65. The molecule has 2 aromatic rings. The highest BCUT2D eigenvalue weighted by Crippen LogP contribution is 2.39. The molecule has 0 amide bonds. The lowest BCUT2D eigenvalue weighted by Crippen LogP contribution is -2.25. The molecule has 20 heteroatoms. The zero-order chi connectivity index (χ0) is 21.7. The van der Waals surface area contributed by atoms with Gasteiger partial charge in [-0.2, -0.15) is 0 Å². The van der Waals surface area contributed by atoms with E-state index in [1.807, 2.05) is 0 Å². The smallest absolute Gasteiger partial charge is 0.306 e. The molecule has 0 saturated carbocycles. The SMILES string of the molecule is NC(=N[N+](=O)[O-])Nc1nnc(Nc2c([N+](=O)[O-])cc([N+](=O)[O-])cc2[N+](=O)[O-])nn1. The summed E-state index contributed by atoms with van der Waals surface area (Å²) < 4.78 is 0. The summed E-state index contributed by atoms with van der Waals surface area (Å²) >= 11 is 0. The normalized spacial score (nSPS) is 10.8. The number of benzene rings is 1. The number of hydrogen-bond donors (Lipinski definition) is 3. The first-order chi connectivity index (χ1) is 13.6. The van der Waals surface area contributed by atoms with Gasteiger partial charge in [0.05, 0.1) is 26.9 Å². The van der Waals surface area contributed by atoms with Gasteiger partial charge in [0.2, 0.25) is 0 Å². The predicted molar refractivity (Wildman–Crippen MR) is 89.5 cm³/mol. The van der Waals surface area contributed by atoms with Crippen molar-refractivity contribution < 1.29 is 19.8 Å². The lowest BCUT2D eigenvalue weighted by atomic mass is 10.2. The number of hydrogen-bond acceptors (Lipinski definition) is 13. The highest BCUT2D eigenvalue weighted by atomic mass is 16.7. The predicted octanol–water partition coefficient (Wildman–Crippen LogP) is -0.347. The van der Waals surface area contributed by atoms with Crippen LogP contribution < -0.4 is 16.4 Å². The van der Waals surface area contributed by atoms with Gasteiger partial charge >= 0.3 is 11.4 Å². The molecule has 0 aliphatic carbocycles. The number of aromatic nitrogens is 4. The van der Waals surface area contributed by atoms with Crippen molar-refractivity contribution in [2.45, 2.75) is 0 Å². The number of hydrazone groups is 1. The molecule has 1 heterocycles. The van der Waals surface area contributed by atoms with E-state index >= 15 is 0 Å². The van der Waals surface area contributed by atoms with Crippen molar-refractivity contribution in [2.75, 3.05) is 10.6 Å². The van der Waals surface area contributed by atoms with Crippen LogP contribution in [0.4, 0.5) is 34.6 Å². The molecule has 0 spiro atoms. The van der Waals surface area contributed by atoms with E-state index in [0.717, 1.165) is 0 Å². The van der Waals surface area contributed by atoms with Crippen molar-refractivity contribution in [1.82, 2.24) is 20.4 Å². The molecule has 150 valence electrons. The Morgan fingerprint density at radius 3 is 1.76 bits per heavy atom. The third kappa shape index (κ3) is 4.93. The van der Waals surface area contributed by atoms with Gasteiger partial charge in [0.1, 0.15) is 5.10 Å². The van der Waals surface area contributed by atoms with Crippen LogP contribution >= 0.6 is 0 Å². The van der Waals surface area contributed by atoms with Gasteiger partial charge in [-0.15, -0.1) is 20.4 Å². The first-order valence-electron chi connectivity index (χ1n) is 6.79. The molecule has 4 N–H and O–H groups in total. The molecule has 0 aliphatic heterocycles. The molecule has 0 radical (unpaired) electrons. The van der Waals surface area contributed by atoms with E-state index in [9.17, 15) is 40.5 Å². The summed E-state index contributed by atoms with van der Waals surface area (Å²) in [5, 5.41) is 62.7. The van der Waals surface area contributed by atoms with Crippen LogP contribution in [0, 0.1) is 40.5 Å². The Balaban J connectivity index is 2.40. The molecule has 0 atom stereocenters. The third-order valence-corrected chi connectivity index (χ3v) is 2.83. The number of nitrogens with one attached hydrogen (secondary N) is 2. The van der Waals surface area contributed by atoms with E-state index in [4.69, 9.17) is 5.73 Å². The van der Waals surface area contributed by atoms with Crippen LogP contribution in [-0.2, 0) is 0 Å². The number of nitrogens with zero attached hydrogens (tertiary/aromatic N) is 9. The molecule has 2 rings (SSSR count). The van der Waals surface area contributed by atoms with Gasteiger partial charge in [0.25, 0.3) is 23.5 Å². The summed E-state index contributed by atoms with van der Waals surface area (Å²) in [6.45, 7) is 0. The number of rotatable bonds is 7. The maximum atomic E-state index is 11.2. The van der Waals surface area contributed by atoms with Crippen LogP contribution in [-0.4, -0.2) is 46.2 Å². The van der Waals surface area contributed by atoms with Gasteiger partial charge in [-0.3, -0.25) is 35.7 Å². The molecular weight excluding hydrogens is 404 g/mol. The Morgan fingerprint density at radius 1 is 0.862 bits per heavy atom. The first-order valence-corrected chi connectivity index (χ1v) is 6.79. The minimum atomic E-state index is -1.11. The Labute approximate surface area is 156 Å². The average Bonchev–Trinajstić information content (AvgIpc) is 2.62. The quantitative estimate of drug-likeness (QED) is 0.227. The van der Waals surface area contributed by atoms with Crippen LogP contribution in [0.2, 0.25) is 0 Å². The molecule has 0 unspecified atom stereocenters. The Hall–Kier alpha value is -5.17. The topological polar surface area (TPSA) is 287 Å². The molecule has 1 aromatic heterocycles. The summed E-state index contributed by atoms with van der Waals surface area (Å²) in [6.07, 6.45) is 0. The number of nitro groups is 4. The maximum absolute atomic E-state index is 11.2. The van der Waals surface area contributed by atoms with Crippen LogP contribution in [0.15, 0.2) is 17.2 Å².